The molecule has 0 spiro atoms. The second-order valence-corrected chi connectivity index (χ2v) is 10.5. The molecule has 1 aliphatic heterocycles. The van der Waals surface area contributed by atoms with E-state index in [0.717, 1.165) is 19.1 Å². The minimum Gasteiger partial charge on any atom is -0.469 e. The first-order valence-electron chi connectivity index (χ1n) is 10.6. The number of carbonyl (C=O) groups excluding carboxylic acids is 3. The maximum atomic E-state index is 12.0. The Morgan fingerprint density at radius 3 is 2.38 bits per heavy atom. The van der Waals surface area contributed by atoms with Crippen LogP contribution in [0.25, 0.3) is 0 Å². The van der Waals surface area contributed by atoms with Gasteiger partial charge in [-0.15, -0.1) is 9.35 Å². The number of allylic oxidation sites excluding steroid dienone is 1. The van der Waals surface area contributed by atoms with E-state index in [2.05, 4.69) is 4.28 Å². The number of rotatable bonds is 5. The largest absolute Gasteiger partial charge is 0.469 e. The van der Waals surface area contributed by atoms with Gasteiger partial charge in [-0.3, -0.25) is 14.4 Å². The number of ether oxygens (including phenoxy) is 3. The van der Waals surface area contributed by atoms with Gasteiger partial charge in [-0.05, 0) is 44.4 Å². The minimum atomic E-state index is -3.92. The lowest BCUT2D eigenvalue weighted by atomic mass is 9.72. The van der Waals surface area contributed by atoms with Crippen LogP contribution < -0.4 is 0 Å². The zero-order chi connectivity index (χ0) is 23.8. The van der Waals surface area contributed by atoms with Crippen molar-refractivity contribution in [1.29, 1.82) is 0 Å². The van der Waals surface area contributed by atoms with E-state index in [4.69, 9.17) is 14.2 Å². The van der Waals surface area contributed by atoms with Crippen LogP contribution in [-0.4, -0.2) is 71.1 Å². The smallest absolute Gasteiger partial charge is 0.314 e. The molecule has 3 aliphatic carbocycles. The van der Waals surface area contributed by atoms with Gasteiger partial charge >= 0.3 is 5.97 Å². The Balaban J connectivity index is 0.000000186. The van der Waals surface area contributed by atoms with Crippen molar-refractivity contribution in [3.63, 3.8) is 0 Å². The van der Waals surface area contributed by atoms with Crippen molar-refractivity contribution in [2.45, 2.75) is 44.8 Å². The highest BCUT2D eigenvalue weighted by Gasteiger charge is 2.60. The third-order valence-corrected chi connectivity index (χ3v) is 7.63. The fraction of sp³-hybridized carbons (Fsp3) is 0.762. The number of hydroxylamine groups is 2. The summed E-state index contributed by atoms with van der Waals surface area (Å²) in [5.41, 5.74) is -0.396. The summed E-state index contributed by atoms with van der Waals surface area (Å²) in [5, 5.41) is 0.337. The highest BCUT2D eigenvalue weighted by atomic mass is 32.2. The molecule has 32 heavy (non-hydrogen) atoms. The number of nitrogens with zero attached hydrogens (tertiary/aromatic N) is 1. The maximum Gasteiger partial charge on any atom is 0.314 e. The average molecular weight is 474 g/mol. The molecular weight excluding hydrogens is 442 g/mol. The molecule has 1 saturated heterocycles. The minimum absolute atomic E-state index is 0.0636. The van der Waals surface area contributed by atoms with Crippen molar-refractivity contribution < 1.29 is 41.3 Å². The summed E-state index contributed by atoms with van der Waals surface area (Å²) in [4.78, 5) is 35.7. The Hall–Kier alpha value is -1.82. The molecule has 2 bridgehead atoms. The van der Waals surface area contributed by atoms with Crippen molar-refractivity contribution >= 4 is 27.9 Å². The molecule has 7 atom stereocenters. The van der Waals surface area contributed by atoms with E-state index in [0.29, 0.717) is 23.3 Å². The first kappa shape index (κ1) is 24.8. The van der Waals surface area contributed by atoms with Gasteiger partial charge in [0.25, 0.3) is 21.9 Å². The number of methoxy groups -OCH3 is 3. The van der Waals surface area contributed by atoms with Crippen molar-refractivity contribution in [2.75, 3.05) is 27.6 Å². The molecule has 3 fully saturated rings. The van der Waals surface area contributed by atoms with Crippen LogP contribution >= 0.6 is 0 Å². The lowest BCUT2D eigenvalue weighted by Gasteiger charge is -2.37. The lowest BCUT2D eigenvalue weighted by molar-refractivity contribution is -0.166. The molecule has 180 valence electrons. The van der Waals surface area contributed by atoms with E-state index in [1.54, 1.807) is 19.3 Å². The van der Waals surface area contributed by atoms with E-state index >= 15 is 0 Å². The number of carbonyl (C=O) groups is 3. The summed E-state index contributed by atoms with van der Waals surface area (Å²) in [6, 6.07) is 0. The highest BCUT2D eigenvalue weighted by molar-refractivity contribution is 7.85. The van der Waals surface area contributed by atoms with Gasteiger partial charge in [0.2, 0.25) is 0 Å². The summed E-state index contributed by atoms with van der Waals surface area (Å²) in [7, 11) is 0.674. The second kappa shape index (κ2) is 9.20. The first-order valence-corrected chi connectivity index (χ1v) is 12.4. The number of esters is 1. The van der Waals surface area contributed by atoms with E-state index in [1.165, 1.54) is 20.6 Å². The SMILES string of the molecule is COC(=O)C1(C)C2CCC(C2)C1OC.COC1C=CCC2C(=O)N(OS(C)(=O)=O)C(=O)C12. The van der Waals surface area contributed by atoms with Gasteiger partial charge < -0.3 is 14.2 Å². The molecule has 0 aromatic carbocycles. The summed E-state index contributed by atoms with van der Waals surface area (Å²) < 4.78 is 42.0. The highest BCUT2D eigenvalue weighted by Crippen LogP contribution is 2.57. The summed E-state index contributed by atoms with van der Waals surface area (Å²) in [6.45, 7) is 2.00. The first-order chi connectivity index (χ1) is 15.0. The van der Waals surface area contributed by atoms with Crippen LogP contribution in [0.2, 0.25) is 0 Å². The molecule has 4 rings (SSSR count). The van der Waals surface area contributed by atoms with Gasteiger partial charge in [0.1, 0.15) is 0 Å². The van der Waals surface area contributed by atoms with Crippen molar-refractivity contribution in [3.8, 4) is 0 Å². The number of fused-ring (bicyclic) bond motifs is 3. The van der Waals surface area contributed by atoms with Crippen molar-refractivity contribution in [1.82, 2.24) is 5.06 Å². The monoisotopic (exact) mass is 473 g/mol. The van der Waals surface area contributed by atoms with Gasteiger partial charge in [0, 0.05) is 14.2 Å². The van der Waals surface area contributed by atoms with Crippen molar-refractivity contribution in [2.24, 2.45) is 29.1 Å². The van der Waals surface area contributed by atoms with Crippen molar-refractivity contribution in [3.05, 3.63) is 12.2 Å². The molecule has 10 nitrogen and oxygen atoms in total. The Bertz CT molecular complexity index is 901. The van der Waals surface area contributed by atoms with E-state index in [-0.39, 0.29) is 12.1 Å². The summed E-state index contributed by atoms with van der Waals surface area (Å²) >= 11 is 0. The fourth-order valence-electron chi connectivity index (χ4n) is 5.75. The Labute approximate surface area is 188 Å². The number of hydrogen-bond acceptors (Lipinski definition) is 9. The zero-order valence-electron chi connectivity index (χ0n) is 19.0. The molecule has 0 aromatic heterocycles. The fourth-order valence-corrected chi connectivity index (χ4v) is 6.17. The average Bonchev–Trinajstić information content (AvgIpc) is 3.41. The molecule has 11 heteroatoms. The molecule has 0 radical (unpaired) electrons. The zero-order valence-corrected chi connectivity index (χ0v) is 19.8. The normalized spacial score (nSPS) is 37.8. The number of amides is 2. The number of imide groups is 1. The van der Waals surface area contributed by atoms with Crippen LogP contribution in [0.4, 0.5) is 0 Å². The maximum absolute atomic E-state index is 12.0. The van der Waals surface area contributed by atoms with Crippen LogP contribution in [0.5, 0.6) is 0 Å². The van der Waals surface area contributed by atoms with Crippen LogP contribution in [0, 0.1) is 29.1 Å². The summed E-state index contributed by atoms with van der Waals surface area (Å²) in [6.07, 6.45) is 7.60. The van der Waals surface area contributed by atoms with Gasteiger partial charge in [0.05, 0.1) is 42.8 Å². The van der Waals surface area contributed by atoms with Gasteiger partial charge in [-0.2, -0.15) is 8.42 Å². The van der Waals surface area contributed by atoms with E-state index < -0.39 is 45.3 Å². The van der Waals surface area contributed by atoms with Crippen LogP contribution in [0.3, 0.4) is 0 Å². The Morgan fingerprint density at radius 1 is 1.12 bits per heavy atom. The Kier molecular flexibility index (Phi) is 7.14. The van der Waals surface area contributed by atoms with Crippen LogP contribution in [0.1, 0.15) is 32.6 Å². The predicted molar refractivity (Wildman–Crippen MR) is 111 cm³/mol. The number of hydrogen-bond donors (Lipinski definition) is 0. The Morgan fingerprint density at radius 2 is 1.81 bits per heavy atom. The van der Waals surface area contributed by atoms with Crippen LogP contribution in [0.15, 0.2) is 12.2 Å². The molecule has 7 unspecified atom stereocenters. The molecule has 4 aliphatic rings. The standard InChI is InChI=1S/C11H18O3.C10H13NO6S/c1-11(10(12)14-3)8-5-4-7(6-8)9(11)13-2;1-16-7-5-3-4-6-8(7)10(13)11(9(6)12)17-18(2,14)15/h7-9H,4-6H2,1-3H3;3,5-8H,4H2,1-2H3. The molecular formula is C21H31NO9S. The molecule has 1 heterocycles. The van der Waals surface area contributed by atoms with E-state index in [9.17, 15) is 22.8 Å². The van der Waals surface area contributed by atoms with E-state index in [1.807, 2.05) is 6.92 Å². The topological polar surface area (TPSA) is 126 Å². The molecule has 0 aromatic rings. The lowest BCUT2D eigenvalue weighted by Crippen LogP contribution is -2.46. The molecule has 2 saturated carbocycles. The quantitative estimate of drug-likeness (QED) is 0.327. The van der Waals surface area contributed by atoms with Gasteiger partial charge in [0.15, 0.2) is 0 Å². The predicted octanol–water partition coefficient (Wildman–Crippen LogP) is 1.06. The third-order valence-electron chi connectivity index (χ3n) is 7.21. The third kappa shape index (κ3) is 4.23. The second-order valence-electron chi connectivity index (χ2n) is 8.95. The van der Waals surface area contributed by atoms with Gasteiger partial charge in [-0.25, -0.2) is 0 Å². The van der Waals surface area contributed by atoms with Crippen LogP contribution in [-0.2, 0) is 43.0 Å². The molecule has 0 N–H and O–H groups in total. The summed E-state index contributed by atoms with van der Waals surface area (Å²) in [5.74, 6) is -1.72. The molecule has 2 amide bonds. The van der Waals surface area contributed by atoms with Gasteiger partial charge in [-0.1, -0.05) is 12.2 Å².